The Bertz CT molecular complexity index is 480. The van der Waals surface area contributed by atoms with E-state index in [1.54, 1.807) is 6.07 Å². The Morgan fingerprint density at radius 3 is 2.18 bits per heavy atom. The zero-order valence-electron chi connectivity index (χ0n) is 8.08. The van der Waals surface area contributed by atoms with Crippen LogP contribution in [0.4, 0.5) is 0 Å². The lowest BCUT2D eigenvalue weighted by Crippen LogP contribution is -2.11. The molecule has 0 bridgehead atoms. The highest BCUT2D eigenvalue weighted by Gasteiger charge is 2.24. The molecule has 0 atom stereocenters. The molecule has 3 nitrogen and oxygen atoms in total. The Morgan fingerprint density at radius 1 is 1.24 bits per heavy atom. The summed E-state index contributed by atoms with van der Waals surface area (Å²) in [5.41, 5.74) is 0.898. The van der Waals surface area contributed by atoms with Crippen molar-refractivity contribution in [1.82, 2.24) is 4.98 Å². The normalized spacial score (nSPS) is 13.1. The van der Waals surface area contributed by atoms with Gasteiger partial charge in [-0.25, -0.2) is 13.4 Å². The molecule has 0 radical (unpaired) electrons. The number of nitrogens with zero attached hydrogens (tertiary/aromatic N) is 1. The Morgan fingerprint density at radius 2 is 1.82 bits per heavy atom. The summed E-state index contributed by atoms with van der Waals surface area (Å²) >= 11 is 16.0. The monoisotopic (exact) mass is 575 g/mol. The summed E-state index contributed by atoms with van der Waals surface area (Å²) in [5, 5.41) is 0.0318. The first-order chi connectivity index (χ1) is 7.63. The van der Waals surface area contributed by atoms with Gasteiger partial charge in [0.2, 0.25) is 9.84 Å². The topological polar surface area (TPSA) is 47.0 Å². The minimum atomic E-state index is -3.45. The lowest BCUT2D eigenvalue weighted by atomic mass is 10.2. The fourth-order valence-corrected chi connectivity index (χ4v) is 3.77. The molecule has 0 aliphatic rings. The third kappa shape index (κ3) is 5.18. The van der Waals surface area contributed by atoms with Crippen LogP contribution in [-0.4, -0.2) is 18.6 Å². The summed E-state index contributed by atoms with van der Waals surface area (Å²) in [6.07, 6.45) is 2.15. The van der Waals surface area contributed by atoms with Crippen molar-refractivity contribution in [3.63, 3.8) is 0 Å². The zero-order chi connectivity index (χ0) is 13.3. The van der Waals surface area contributed by atoms with Gasteiger partial charge in [0.1, 0.15) is 2.14 Å². The molecule has 0 saturated heterocycles. The van der Waals surface area contributed by atoms with Crippen LogP contribution in [0.25, 0.3) is 0 Å². The highest BCUT2D eigenvalue weighted by Crippen LogP contribution is 2.36. The van der Waals surface area contributed by atoms with Crippen LogP contribution >= 0.6 is 79.6 Å². The average Bonchev–Trinajstić information content (AvgIpc) is 2.15. The van der Waals surface area contributed by atoms with Gasteiger partial charge < -0.3 is 0 Å². The third-order valence-corrected chi connectivity index (χ3v) is 6.82. The van der Waals surface area contributed by atoms with Gasteiger partial charge in [0, 0.05) is 12.6 Å². The van der Waals surface area contributed by atoms with Gasteiger partial charge in [-0.05, 0) is 11.6 Å². The van der Waals surface area contributed by atoms with E-state index in [2.05, 4.69) is 84.6 Å². The molecule has 0 aliphatic carbocycles. The van der Waals surface area contributed by atoms with E-state index in [9.17, 15) is 8.42 Å². The molecule has 0 saturated carbocycles. The second kappa shape index (κ2) is 6.30. The predicted octanol–water partition coefficient (Wildman–Crippen LogP) is 4.31. The van der Waals surface area contributed by atoms with E-state index in [1.807, 2.05) is 0 Å². The van der Waals surface area contributed by atoms with Gasteiger partial charge in [-0.3, -0.25) is 0 Å². The lowest BCUT2D eigenvalue weighted by Gasteiger charge is -2.12. The Labute approximate surface area is 142 Å². The van der Waals surface area contributed by atoms with Crippen molar-refractivity contribution in [2.45, 2.75) is 16.7 Å². The van der Waals surface area contributed by atoms with Crippen LogP contribution in [0.1, 0.15) is 5.56 Å². The maximum atomic E-state index is 11.7. The molecule has 0 aromatic carbocycles. The molecule has 0 aliphatic heterocycles. The standard InChI is InChI=1S/C8H6Br5NO2S/c9-7(10)17(15,16)6-2-1-5(4-14-6)3-8(11,12)13/h1-2,4,7H,3H2. The summed E-state index contributed by atoms with van der Waals surface area (Å²) < 4.78 is 22.3. The SMILES string of the molecule is O=S(=O)(c1ccc(CC(Br)(Br)Br)cn1)C(Br)Br. The number of pyridine rings is 1. The van der Waals surface area contributed by atoms with Crippen molar-refractivity contribution in [3.8, 4) is 0 Å². The minimum Gasteiger partial charge on any atom is -0.244 e. The van der Waals surface area contributed by atoms with E-state index in [4.69, 9.17) is 0 Å². The van der Waals surface area contributed by atoms with E-state index in [0.29, 0.717) is 6.42 Å². The minimum absolute atomic E-state index is 0.0318. The van der Waals surface area contributed by atoms with Crippen LogP contribution in [0.15, 0.2) is 23.4 Å². The van der Waals surface area contributed by atoms with Crippen LogP contribution in [0.5, 0.6) is 0 Å². The molecular formula is C8H6Br5NO2S. The summed E-state index contributed by atoms with van der Waals surface area (Å²) in [6.45, 7) is 0. The molecule has 1 aromatic heterocycles. The van der Waals surface area contributed by atoms with Gasteiger partial charge in [0.25, 0.3) is 0 Å². The molecular weight excluding hydrogens is 574 g/mol. The van der Waals surface area contributed by atoms with E-state index in [0.717, 1.165) is 5.56 Å². The van der Waals surface area contributed by atoms with Gasteiger partial charge in [0.15, 0.2) is 8.09 Å². The second-order valence-corrected chi connectivity index (χ2v) is 16.6. The van der Waals surface area contributed by atoms with Gasteiger partial charge in [-0.15, -0.1) is 0 Å². The van der Waals surface area contributed by atoms with E-state index < -0.39 is 15.0 Å². The molecule has 9 heteroatoms. The number of hydrogen-bond donors (Lipinski definition) is 0. The van der Waals surface area contributed by atoms with Crippen LogP contribution in [0.3, 0.4) is 0 Å². The van der Waals surface area contributed by atoms with Gasteiger partial charge in [0.05, 0.1) is 0 Å². The number of aromatic nitrogens is 1. The van der Waals surface area contributed by atoms with Crippen molar-refractivity contribution in [1.29, 1.82) is 0 Å². The average molecular weight is 580 g/mol. The molecule has 1 rings (SSSR count). The summed E-state index contributed by atoms with van der Waals surface area (Å²) in [4.78, 5) is 3.95. The largest absolute Gasteiger partial charge is 0.244 e. The Hall–Kier alpha value is 1.50. The van der Waals surface area contributed by atoms with Crippen molar-refractivity contribution >= 4 is 89.5 Å². The maximum Gasteiger partial charge on any atom is 0.218 e. The highest BCUT2D eigenvalue weighted by atomic mass is 80.0. The summed E-state index contributed by atoms with van der Waals surface area (Å²) in [6, 6.07) is 3.21. The fourth-order valence-electron chi connectivity index (χ4n) is 1.01. The number of hydrogen-bond acceptors (Lipinski definition) is 3. The van der Waals surface area contributed by atoms with Crippen molar-refractivity contribution in [3.05, 3.63) is 23.9 Å². The second-order valence-electron chi connectivity index (χ2n) is 3.10. The molecule has 0 spiro atoms. The van der Waals surface area contributed by atoms with Crippen LogP contribution in [0.2, 0.25) is 0 Å². The van der Waals surface area contributed by atoms with E-state index in [-0.39, 0.29) is 5.03 Å². The highest BCUT2D eigenvalue weighted by molar-refractivity contribution is 9.39. The molecule has 0 unspecified atom stereocenters. The maximum absolute atomic E-state index is 11.7. The van der Waals surface area contributed by atoms with Crippen molar-refractivity contribution in [2.75, 3.05) is 0 Å². The molecule has 0 fully saturated rings. The first kappa shape index (κ1) is 16.6. The molecule has 1 heterocycles. The first-order valence-electron chi connectivity index (χ1n) is 4.16. The Kier molecular flexibility index (Phi) is 6.13. The summed E-state index contributed by atoms with van der Waals surface area (Å²) in [7, 11) is -3.45. The smallest absolute Gasteiger partial charge is 0.218 e. The predicted molar refractivity (Wildman–Crippen MR) is 86.3 cm³/mol. The third-order valence-electron chi connectivity index (χ3n) is 1.73. The number of sulfone groups is 1. The van der Waals surface area contributed by atoms with Gasteiger partial charge >= 0.3 is 0 Å². The fraction of sp³-hybridized carbons (Fsp3) is 0.375. The zero-order valence-corrected chi connectivity index (χ0v) is 16.8. The van der Waals surface area contributed by atoms with Gasteiger partial charge in [-0.1, -0.05) is 85.7 Å². The quantitative estimate of drug-likeness (QED) is 0.502. The van der Waals surface area contributed by atoms with Gasteiger partial charge in [-0.2, -0.15) is 0 Å². The number of halogens is 5. The number of rotatable bonds is 3. The van der Waals surface area contributed by atoms with E-state index >= 15 is 0 Å². The molecule has 17 heavy (non-hydrogen) atoms. The van der Waals surface area contributed by atoms with Crippen molar-refractivity contribution in [2.24, 2.45) is 0 Å². The first-order valence-corrected chi connectivity index (χ1v) is 9.92. The van der Waals surface area contributed by atoms with Crippen LogP contribution in [0, 0.1) is 0 Å². The number of alkyl halides is 5. The van der Waals surface area contributed by atoms with Crippen LogP contribution < -0.4 is 0 Å². The molecule has 96 valence electrons. The molecule has 1 aromatic rings. The Balaban J connectivity index is 2.97. The van der Waals surface area contributed by atoms with Crippen molar-refractivity contribution < 1.29 is 8.42 Å². The van der Waals surface area contributed by atoms with E-state index in [1.165, 1.54) is 12.3 Å². The summed E-state index contributed by atoms with van der Waals surface area (Å²) in [5.74, 6) is 0. The molecule has 0 N–H and O–H groups in total. The lowest BCUT2D eigenvalue weighted by molar-refractivity contribution is 0.596. The van der Waals surface area contributed by atoms with Crippen LogP contribution in [-0.2, 0) is 16.3 Å². The molecule has 0 amide bonds.